The molecule has 0 aliphatic heterocycles. The highest BCUT2D eigenvalue weighted by Gasteiger charge is 1.94. The van der Waals surface area contributed by atoms with Gasteiger partial charge in [0.15, 0.2) is 0 Å². The van der Waals surface area contributed by atoms with Crippen LogP contribution in [0.15, 0.2) is 24.5 Å². The van der Waals surface area contributed by atoms with Crippen LogP contribution >= 0.6 is 0 Å². The van der Waals surface area contributed by atoms with Gasteiger partial charge in [-0.05, 0) is 38.4 Å². The zero-order chi connectivity index (χ0) is 10.9. The number of rotatable bonds is 7. The number of aromatic nitrogens is 1. The van der Waals surface area contributed by atoms with Crippen molar-refractivity contribution in [1.29, 1.82) is 0 Å². The van der Waals surface area contributed by atoms with Crippen molar-refractivity contribution in [2.24, 2.45) is 0 Å². The summed E-state index contributed by atoms with van der Waals surface area (Å²) < 4.78 is 5.44. The lowest BCUT2D eigenvalue weighted by Gasteiger charge is -2.07. The fraction of sp³-hybridized carbons (Fsp3) is 0.583. The highest BCUT2D eigenvalue weighted by Crippen LogP contribution is 1.94. The summed E-state index contributed by atoms with van der Waals surface area (Å²) in [6.07, 6.45) is 5.07. The molecule has 1 heterocycles. The van der Waals surface area contributed by atoms with E-state index in [4.69, 9.17) is 4.74 Å². The molecule has 1 rings (SSSR count). The molecule has 0 aliphatic rings. The van der Waals surface area contributed by atoms with Crippen molar-refractivity contribution in [3.8, 4) is 0 Å². The van der Waals surface area contributed by atoms with Gasteiger partial charge in [0.2, 0.25) is 0 Å². The number of ether oxygens (including phenoxy) is 1. The van der Waals surface area contributed by atoms with Crippen LogP contribution in [0.3, 0.4) is 0 Å². The molecule has 0 spiro atoms. The molecule has 3 heteroatoms. The Kier molecular flexibility index (Phi) is 5.97. The molecule has 0 aliphatic carbocycles. The third kappa shape index (κ3) is 6.20. The van der Waals surface area contributed by atoms with E-state index in [-0.39, 0.29) is 0 Å². The van der Waals surface area contributed by atoms with Crippen LogP contribution < -0.4 is 5.32 Å². The summed E-state index contributed by atoms with van der Waals surface area (Å²) in [6, 6.07) is 4.03. The first-order valence-corrected chi connectivity index (χ1v) is 5.50. The average molecular weight is 208 g/mol. The summed E-state index contributed by atoms with van der Waals surface area (Å²) in [4.78, 5) is 4.06. The summed E-state index contributed by atoms with van der Waals surface area (Å²) in [5.41, 5.74) is 1.22. The molecule has 84 valence electrons. The third-order valence-electron chi connectivity index (χ3n) is 2.00. The Morgan fingerprint density at radius 3 is 3.00 bits per heavy atom. The predicted molar refractivity (Wildman–Crippen MR) is 61.6 cm³/mol. The van der Waals surface area contributed by atoms with Gasteiger partial charge >= 0.3 is 0 Å². The van der Waals surface area contributed by atoms with Gasteiger partial charge in [-0.15, -0.1) is 0 Å². The minimum atomic E-state index is 0.336. The SMILES string of the molecule is CC(C)OCCCNCc1cccnc1. The highest BCUT2D eigenvalue weighted by atomic mass is 16.5. The van der Waals surface area contributed by atoms with E-state index in [0.29, 0.717) is 6.10 Å². The maximum atomic E-state index is 5.44. The first kappa shape index (κ1) is 12.1. The van der Waals surface area contributed by atoms with Gasteiger partial charge in [-0.1, -0.05) is 6.07 Å². The Balaban J connectivity index is 1.98. The molecule has 0 saturated carbocycles. The van der Waals surface area contributed by atoms with Gasteiger partial charge < -0.3 is 10.1 Å². The Morgan fingerprint density at radius 1 is 1.47 bits per heavy atom. The molecule has 1 aromatic rings. The number of pyridine rings is 1. The molecule has 0 atom stereocenters. The van der Waals surface area contributed by atoms with Crippen molar-refractivity contribution in [3.63, 3.8) is 0 Å². The van der Waals surface area contributed by atoms with Crippen molar-refractivity contribution in [3.05, 3.63) is 30.1 Å². The first-order valence-electron chi connectivity index (χ1n) is 5.50. The van der Waals surface area contributed by atoms with Crippen molar-refractivity contribution >= 4 is 0 Å². The zero-order valence-corrected chi connectivity index (χ0v) is 9.57. The van der Waals surface area contributed by atoms with Crippen molar-refractivity contribution in [2.75, 3.05) is 13.2 Å². The van der Waals surface area contributed by atoms with E-state index in [1.54, 1.807) is 6.20 Å². The summed E-state index contributed by atoms with van der Waals surface area (Å²) in [5, 5.41) is 3.36. The van der Waals surface area contributed by atoms with Crippen LogP contribution in [0, 0.1) is 0 Å². The minimum absolute atomic E-state index is 0.336. The Bertz CT molecular complexity index is 249. The molecule has 0 saturated heterocycles. The molecule has 15 heavy (non-hydrogen) atoms. The molecule has 0 bridgehead atoms. The number of nitrogens with one attached hydrogen (secondary N) is 1. The molecule has 1 aromatic heterocycles. The van der Waals surface area contributed by atoms with Gasteiger partial charge in [-0.2, -0.15) is 0 Å². The van der Waals surface area contributed by atoms with Crippen LogP contribution in [0.2, 0.25) is 0 Å². The lowest BCUT2D eigenvalue weighted by molar-refractivity contribution is 0.0770. The van der Waals surface area contributed by atoms with Gasteiger partial charge in [0.05, 0.1) is 6.10 Å². The van der Waals surface area contributed by atoms with Crippen LogP contribution in [0.4, 0.5) is 0 Å². The Morgan fingerprint density at radius 2 is 2.33 bits per heavy atom. The third-order valence-corrected chi connectivity index (χ3v) is 2.00. The van der Waals surface area contributed by atoms with E-state index in [1.807, 2.05) is 12.3 Å². The summed E-state index contributed by atoms with van der Waals surface area (Å²) in [5.74, 6) is 0. The van der Waals surface area contributed by atoms with E-state index in [1.165, 1.54) is 5.56 Å². The molecule has 1 N–H and O–H groups in total. The van der Waals surface area contributed by atoms with E-state index in [2.05, 4.69) is 30.2 Å². The van der Waals surface area contributed by atoms with Crippen molar-refractivity contribution in [2.45, 2.75) is 32.9 Å². The topological polar surface area (TPSA) is 34.1 Å². The van der Waals surface area contributed by atoms with Gasteiger partial charge in [-0.25, -0.2) is 0 Å². The van der Waals surface area contributed by atoms with Crippen molar-refractivity contribution in [1.82, 2.24) is 10.3 Å². The second-order valence-corrected chi connectivity index (χ2v) is 3.81. The number of hydrogen-bond donors (Lipinski definition) is 1. The Labute approximate surface area is 91.9 Å². The van der Waals surface area contributed by atoms with Gasteiger partial charge in [0.25, 0.3) is 0 Å². The summed E-state index contributed by atoms with van der Waals surface area (Å²) in [7, 11) is 0. The minimum Gasteiger partial charge on any atom is -0.379 e. The second-order valence-electron chi connectivity index (χ2n) is 3.81. The average Bonchev–Trinajstić information content (AvgIpc) is 2.24. The molecule has 0 unspecified atom stereocenters. The molecular weight excluding hydrogens is 188 g/mol. The molecule has 3 nitrogen and oxygen atoms in total. The highest BCUT2D eigenvalue weighted by molar-refractivity contribution is 5.07. The van der Waals surface area contributed by atoms with E-state index in [0.717, 1.165) is 26.1 Å². The van der Waals surface area contributed by atoms with E-state index >= 15 is 0 Å². The first-order chi connectivity index (χ1) is 7.29. The quantitative estimate of drug-likeness (QED) is 0.696. The maximum absolute atomic E-state index is 5.44. The molecule has 0 radical (unpaired) electrons. The smallest absolute Gasteiger partial charge is 0.0518 e. The lowest BCUT2D eigenvalue weighted by Crippen LogP contribution is -2.17. The van der Waals surface area contributed by atoms with Crippen LogP contribution in [-0.2, 0) is 11.3 Å². The van der Waals surface area contributed by atoms with Crippen molar-refractivity contribution < 1.29 is 4.74 Å². The number of hydrogen-bond acceptors (Lipinski definition) is 3. The van der Waals surface area contributed by atoms with Gasteiger partial charge in [-0.3, -0.25) is 4.98 Å². The normalized spacial score (nSPS) is 10.9. The lowest BCUT2D eigenvalue weighted by atomic mass is 10.3. The van der Waals surface area contributed by atoms with Gasteiger partial charge in [0, 0.05) is 25.5 Å². The monoisotopic (exact) mass is 208 g/mol. The standard InChI is InChI=1S/C12H20N2O/c1-11(2)15-8-4-7-14-10-12-5-3-6-13-9-12/h3,5-6,9,11,14H,4,7-8,10H2,1-2H3. The van der Waals surface area contributed by atoms with E-state index in [9.17, 15) is 0 Å². The molecule has 0 amide bonds. The fourth-order valence-electron chi connectivity index (χ4n) is 1.25. The molecular formula is C12H20N2O. The predicted octanol–water partition coefficient (Wildman–Crippen LogP) is 1.99. The summed E-state index contributed by atoms with van der Waals surface area (Å²) >= 11 is 0. The van der Waals surface area contributed by atoms with Crippen LogP contribution in [-0.4, -0.2) is 24.2 Å². The van der Waals surface area contributed by atoms with Crippen LogP contribution in [0.1, 0.15) is 25.8 Å². The molecule has 0 fully saturated rings. The van der Waals surface area contributed by atoms with E-state index < -0.39 is 0 Å². The molecule has 0 aromatic carbocycles. The van der Waals surface area contributed by atoms with Gasteiger partial charge in [0.1, 0.15) is 0 Å². The maximum Gasteiger partial charge on any atom is 0.0518 e. The second kappa shape index (κ2) is 7.37. The zero-order valence-electron chi connectivity index (χ0n) is 9.57. The fourth-order valence-corrected chi connectivity index (χ4v) is 1.25. The largest absolute Gasteiger partial charge is 0.379 e. The summed E-state index contributed by atoms with van der Waals surface area (Å²) in [6.45, 7) is 6.82. The van der Waals surface area contributed by atoms with Crippen LogP contribution in [0.5, 0.6) is 0 Å². The van der Waals surface area contributed by atoms with Crippen LogP contribution in [0.25, 0.3) is 0 Å². The Hall–Kier alpha value is -0.930. The number of nitrogens with zero attached hydrogens (tertiary/aromatic N) is 1.